The van der Waals surface area contributed by atoms with E-state index in [0.29, 0.717) is 54.5 Å². The predicted molar refractivity (Wildman–Crippen MR) is 140 cm³/mol. The van der Waals surface area contributed by atoms with Gasteiger partial charge in [-0.05, 0) is 56.2 Å². The van der Waals surface area contributed by atoms with E-state index < -0.39 is 17.9 Å². The molecular formula is C28H30F3N5O2. The number of halogens is 3. The molecule has 1 aliphatic heterocycles. The Morgan fingerprint density at radius 2 is 1.84 bits per heavy atom. The highest BCUT2D eigenvalue weighted by Gasteiger charge is 2.30. The van der Waals surface area contributed by atoms with Gasteiger partial charge in [-0.15, -0.1) is 0 Å². The van der Waals surface area contributed by atoms with E-state index in [9.17, 15) is 23.1 Å². The van der Waals surface area contributed by atoms with E-state index in [0.717, 1.165) is 23.0 Å². The van der Waals surface area contributed by atoms with Crippen LogP contribution in [0.4, 0.5) is 19.0 Å². The lowest BCUT2D eigenvalue weighted by Gasteiger charge is -2.36. The Morgan fingerprint density at radius 1 is 1.13 bits per heavy atom. The van der Waals surface area contributed by atoms with E-state index >= 15 is 0 Å². The Labute approximate surface area is 219 Å². The number of H-pyrrole nitrogens is 1. The lowest BCUT2D eigenvalue weighted by molar-refractivity contribution is -0.140. The number of nitrogens with one attached hydrogen (secondary N) is 1. The van der Waals surface area contributed by atoms with E-state index in [2.05, 4.69) is 26.4 Å². The van der Waals surface area contributed by atoms with Gasteiger partial charge < -0.3 is 19.9 Å². The highest BCUT2D eigenvalue weighted by molar-refractivity contribution is 5.82. The summed E-state index contributed by atoms with van der Waals surface area (Å²) in [6.07, 6.45) is -1.84. The normalized spacial score (nSPS) is 15.2. The number of carbonyl (C=O) groups excluding carboxylic acids is 1. The van der Waals surface area contributed by atoms with Gasteiger partial charge in [0, 0.05) is 49.2 Å². The number of aromatic nitrogens is 3. The standard InChI is InChI=1S/C28H30F3N5O2/c1-17-5-6-18(2)22(15-17)25(37)27(38)36-13-11-35(12-14-36)24-10-8-21(16-32-24)26-33-20(4)23(34-26)9-7-19(3)28(29,30)31/h5-10,15-16,25,37H,3,11-14H2,1-2,4H3,(H,33,34). The highest BCUT2D eigenvalue weighted by atomic mass is 19.4. The summed E-state index contributed by atoms with van der Waals surface area (Å²) in [7, 11) is 0. The number of imidazole rings is 1. The van der Waals surface area contributed by atoms with E-state index in [1.54, 1.807) is 18.0 Å². The summed E-state index contributed by atoms with van der Waals surface area (Å²) in [5, 5.41) is 10.7. The van der Waals surface area contributed by atoms with Gasteiger partial charge in [-0.2, -0.15) is 13.2 Å². The van der Waals surface area contributed by atoms with Crippen LogP contribution in [0.1, 0.15) is 34.2 Å². The Morgan fingerprint density at radius 3 is 2.47 bits per heavy atom. The summed E-state index contributed by atoms with van der Waals surface area (Å²) in [6, 6.07) is 9.38. The van der Waals surface area contributed by atoms with Crippen molar-refractivity contribution in [3.63, 3.8) is 0 Å². The Balaban J connectivity index is 1.38. The first-order valence-corrected chi connectivity index (χ1v) is 12.2. The molecule has 2 aromatic heterocycles. The number of piperazine rings is 1. The van der Waals surface area contributed by atoms with E-state index in [-0.39, 0.29) is 5.91 Å². The van der Waals surface area contributed by atoms with Crippen molar-refractivity contribution < 1.29 is 23.1 Å². The molecule has 1 fully saturated rings. The number of aliphatic hydroxyl groups is 1. The van der Waals surface area contributed by atoms with Crippen LogP contribution in [0.3, 0.4) is 0 Å². The molecule has 1 atom stereocenters. The average Bonchev–Trinajstić information content (AvgIpc) is 3.27. The van der Waals surface area contributed by atoms with Crippen LogP contribution in [-0.2, 0) is 4.79 Å². The lowest BCUT2D eigenvalue weighted by Crippen LogP contribution is -2.50. The number of hydrogen-bond acceptors (Lipinski definition) is 5. The fourth-order valence-corrected chi connectivity index (χ4v) is 4.28. The maximum Gasteiger partial charge on any atom is 0.415 e. The van der Waals surface area contributed by atoms with Gasteiger partial charge in [0.15, 0.2) is 6.10 Å². The first-order chi connectivity index (χ1) is 17.9. The number of benzene rings is 1. The van der Waals surface area contributed by atoms with Gasteiger partial charge in [-0.3, -0.25) is 4.79 Å². The van der Waals surface area contributed by atoms with Crippen LogP contribution in [0.2, 0.25) is 0 Å². The van der Waals surface area contributed by atoms with Gasteiger partial charge in [0.2, 0.25) is 0 Å². The number of anilines is 1. The van der Waals surface area contributed by atoms with E-state index in [1.165, 1.54) is 6.08 Å². The summed E-state index contributed by atoms with van der Waals surface area (Å²) in [6.45, 7) is 10.6. The van der Waals surface area contributed by atoms with Gasteiger partial charge in [-0.25, -0.2) is 9.97 Å². The third-order valence-electron chi connectivity index (χ3n) is 6.63. The Bertz CT molecular complexity index is 1350. The number of allylic oxidation sites excluding steroid dienone is 2. The minimum atomic E-state index is -4.48. The quantitative estimate of drug-likeness (QED) is 0.447. The molecule has 1 unspecified atom stereocenters. The van der Waals surface area contributed by atoms with Crippen LogP contribution in [-0.4, -0.2) is 63.2 Å². The maximum atomic E-state index is 12.9. The van der Waals surface area contributed by atoms with Crippen LogP contribution < -0.4 is 4.90 Å². The highest BCUT2D eigenvalue weighted by Crippen LogP contribution is 2.27. The van der Waals surface area contributed by atoms with Crippen molar-refractivity contribution in [1.82, 2.24) is 19.9 Å². The summed E-state index contributed by atoms with van der Waals surface area (Å²) in [5.41, 5.74) is 3.25. The van der Waals surface area contributed by atoms with Crippen LogP contribution in [0, 0.1) is 20.8 Å². The molecule has 1 saturated heterocycles. The zero-order valence-electron chi connectivity index (χ0n) is 21.5. The topological polar surface area (TPSA) is 85.3 Å². The molecule has 2 N–H and O–H groups in total. The largest absolute Gasteiger partial charge is 0.415 e. The lowest BCUT2D eigenvalue weighted by atomic mass is 10.00. The fourth-order valence-electron chi connectivity index (χ4n) is 4.28. The fraction of sp³-hybridized carbons (Fsp3) is 0.321. The number of rotatable bonds is 6. The number of pyridine rings is 1. The SMILES string of the molecule is C=C(C=Cc1nc(-c2ccc(N3CCN(C(=O)C(O)c4cc(C)ccc4C)CC3)nc2)[nH]c1C)C(F)(F)F. The minimum absolute atomic E-state index is 0.307. The predicted octanol–water partition coefficient (Wildman–Crippen LogP) is 4.91. The summed E-state index contributed by atoms with van der Waals surface area (Å²) >= 11 is 0. The molecule has 10 heteroatoms. The average molecular weight is 526 g/mol. The molecule has 38 heavy (non-hydrogen) atoms. The third kappa shape index (κ3) is 5.96. The molecule has 0 aliphatic carbocycles. The van der Waals surface area contributed by atoms with Crippen LogP contribution in [0.15, 0.2) is 54.8 Å². The Hall–Kier alpha value is -3.92. The number of aromatic amines is 1. The van der Waals surface area contributed by atoms with Crippen molar-refractivity contribution in [3.8, 4) is 11.4 Å². The summed E-state index contributed by atoms with van der Waals surface area (Å²) in [4.78, 5) is 28.7. The van der Waals surface area contributed by atoms with Crippen LogP contribution in [0.25, 0.3) is 17.5 Å². The molecule has 3 aromatic rings. The zero-order valence-corrected chi connectivity index (χ0v) is 21.5. The number of nitrogens with zero attached hydrogens (tertiary/aromatic N) is 4. The smallest absolute Gasteiger partial charge is 0.378 e. The zero-order chi connectivity index (χ0) is 27.6. The second-order valence-electron chi connectivity index (χ2n) is 9.43. The number of carbonyl (C=O) groups is 1. The van der Waals surface area contributed by atoms with Crippen molar-refractivity contribution in [3.05, 3.63) is 82.8 Å². The molecule has 4 rings (SSSR count). The van der Waals surface area contributed by atoms with Gasteiger partial charge in [-0.1, -0.05) is 30.3 Å². The van der Waals surface area contributed by atoms with Gasteiger partial charge in [0.1, 0.15) is 11.6 Å². The summed E-state index contributed by atoms with van der Waals surface area (Å²) in [5.74, 6) is 0.925. The van der Waals surface area contributed by atoms with Crippen LogP contribution in [0.5, 0.6) is 0 Å². The molecule has 200 valence electrons. The minimum Gasteiger partial charge on any atom is -0.378 e. The third-order valence-corrected chi connectivity index (χ3v) is 6.63. The number of aliphatic hydroxyl groups excluding tert-OH is 1. The second-order valence-corrected chi connectivity index (χ2v) is 9.43. The van der Waals surface area contributed by atoms with Gasteiger partial charge in [0.05, 0.1) is 5.69 Å². The molecule has 1 amide bonds. The summed E-state index contributed by atoms with van der Waals surface area (Å²) < 4.78 is 38.1. The van der Waals surface area contributed by atoms with Crippen molar-refractivity contribution in [2.75, 3.05) is 31.1 Å². The number of hydrogen-bond donors (Lipinski definition) is 2. The molecule has 1 aromatic carbocycles. The molecular weight excluding hydrogens is 495 g/mol. The van der Waals surface area contributed by atoms with Gasteiger partial charge in [0.25, 0.3) is 5.91 Å². The first kappa shape index (κ1) is 27.1. The monoisotopic (exact) mass is 525 g/mol. The number of aryl methyl sites for hydroxylation is 3. The number of amides is 1. The molecule has 7 nitrogen and oxygen atoms in total. The van der Waals surface area contributed by atoms with E-state index in [4.69, 9.17) is 0 Å². The van der Waals surface area contributed by atoms with E-state index in [1.807, 2.05) is 44.2 Å². The number of alkyl halides is 3. The van der Waals surface area contributed by atoms with Crippen molar-refractivity contribution >= 4 is 17.8 Å². The Kier molecular flexibility index (Phi) is 7.73. The molecule has 1 aliphatic rings. The molecule has 0 radical (unpaired) electrons. The van der Waals surface area contributed by atoms with Crippen molar-refractivity contribution in [2.24, 2.45) is 0 Å². The van der Waals surface area contributed by atoms with Crippen molar-refractivity contribution in [2.45, 2.75) is 33.1 Å². The molecule has 0 bridgehead atoms. The molecule has 0 spiro atoms. The first-order valence-electron chi connectivity index (χ1n) is 12.2. The maximum absolute atomic E-state index is 12.9. The second kappa shape index (κ2) is 10.8. The van der Waals surface area contributed by atoms with Crippen molar-refractivity contribution in [1.29, 1.82) is 0 Å². The van der Waals surface area contributed by atoms with Gasteiger partial charge >= 0.3 is 6.18 Å². The van der Waals surface area contributed by atoms with Crippen LogP contribution >= 0.6 is 0 Å². The molecule has 3 heterocycles. The molecule has 0 saturated carbocycles.